The molecule has 2 aliphatic rings. The normalized spacial score (nSPS) is 35.5. The standard InChI is InChI=1S/C11H22Si/c12-10-6-5-9-11(10)7-3-1-2-4-8-11/h10H,1-9H2,12H3. The third kappa shape index (κ3) is 1.48. The van der Waals surface area contributed by atoms with E-state index < -0.39 is 0 Å². The predicted octanol–water partition coefficient (Wildman–Crippen LogP) is 2.66. The summed E-state index contributed by atoms with van der Waals surface area (Å²) in [5, 5.41) is 0. The summed E-state index contributed by atoms with van der Waals surface area (Å²) in [4.78, 5) is 0. The van der Waals surface area contributed by atoms with E-state index in [1.807, 2.05) is 0 Å². The molecule has 1 atom stereocenters. The Morgan fingerprint density at radius 1 is 0.833 bits per heavy atom. The molecule has 2 saturated carbocycles. The first-order valence-corrected chi connectivity index (χ1v) is 6.99. The van der Waals surface area contributed by atoms with Crippen molar-refractivity contribution in [2.75, 3.05) is 0 Å². The van der Waals surface area contributed by atoms with E-state index in [0.29, 0.717) is 0 Å². The monoisotopic (exact) mass is 182 g/mol. The highest BCUT2D eigenvalue weighted by molar-refractivity contribution is 6.12. The van der Waals surface area contributed by atoms with E-state index in [0.717, 1.165) is 5.41 Å². The van der Waals surface area contributed by atoms with Crippen molar-refractivity contribution in [2.45, 2.75) is 63.3 Å². The van der Waals surface area contributed by atoms with E-state index in [4.69, 9.17) is 0 Å². The fraction of sp³-hybridized carbons (Fsp3) is 1.00. The summed E-state index contributed by atoms with van der Waals surface area (Å²) in [6.07, 6.45) is 14.0. The van der Waals surface area contributed by atoms with Crippen molar-refractivity contribution < 1.29 is 0 Å². The summed E-state index contributed by atoms with van der Waals surface area (Å²) < 4.78 is 0. The zero-order chi connectivity index (χ0) is 8.44. The average Bonchev–Trinajstić information content (AvgIpc) is 2.33. The van der Waals surface area contributed by atoms with E-state index >= 15 is 0 Å². The number of rotatable bonds is 0. The SMILES string of the molecule is [SiH3]C1CCCC12CCCCCC2. The van der Waals surface area contributed by atoms with Crippen molar-refractivity contribution >= 4 is 10.2 Å². The summed E-state index contributed by atoms with van der Waals surface area (Å²) >= 11 is 0. The molecule has 0 nitrogen and oxygen atoms in total. The molecule has 12 heavy (non-hydrogen) atoms. The van der Waals surface area contributed by atoms with Crippen molar-refractivity contribution in [2.24, 2.45) is 5.41 Å². The molecule has 0 aliphatic heterocycles. The van der Waals surface area contributed by atoms with Crippen molar-refractivity contribution in [3.05, 3.63) is 0 Å². The molecule has 0 radical (unpaired) electrons. The van der Waals surface area contributed by atoms with Gasteiger partial charge in [-0.1, -0.05) is 38.5 Å². The van der Waals surface area contributed by atoms with Crippen molar-refractivity contribution in [3.8, 4) is 0 Å². The highest BCUT2D eigenvalue weighted by Gasteiger charge is 2.39. The Hall–Kier alpha value is 0.217. The maximum Gasteiger partial charge on any atom is 0.00743 e. The van der Waals surface area contributed by atoms with Gasteiger partial charge in [-0.15, -0.1) is 0 Å². The third-order valence-corrected chi connectivity index (χ3v) is 6.26. The quantitative estimate of drug-likeness (QED) is 0.505. The van der Waals surface area contributed by atoms with Crippen LogP contribution < -0.4 is 0 Å². The average molecular weight is 182 g/mol. The van der Waals surface area contributed by atoms with Crippen LogP contribution in [0, 0.1) is 5.41 Å². The van der Waals surface area contributed by atoms with E-state index in [1.54, 1.807) is 44.9 Å². The van der Waals surface area contributed by atoms with E-state index in [9.17, 15) is 0 Å². The maximum atomic E-state index is 1.58. The lowest BCUT2D eigenvalue weighted by atomic mass is 9.78. The van der Waals surface area contributed by atoms with Gasteiger partial charge in [-0.05, 0) is 30.2 Å². The topological polar surface area (TPSA) is 0 Å². The van der Waals surface area contributed by atoms with Gasteiger partial charge in [0, 0.05) is 10.2 Å². The number of hydrogen-bond donors (Lipinski definition) is 0. The summed E-state index contributed by atoms with van der Waals surface area (Å²) in [7, 11) is 1.47. The molecule has 0 heterocycles. The molecule has 0 aromatic rings. The molecule has 70 valence electrons. The zero-order valence-electron chi connectivity index (χ0n) is 8.44. The van der Waals surface area contributed by atoms with Gasteiger partial charge in [0.1, 0.15) is 0 Å². The Morgan fingerprint density at radius 2 is 1.42 bits per heavy atom. The minimum Gasteiger partial charge on any atom is -0.0533 e. The summed E-state index contributed by atoms with van der Waals surface area (Å²) in [6.45, 7) is 0. The van der Waals surface area contributed by atoms with E-state index in [1.165, 1.54) is 28.6 Å². The highest BCUT2D eigenvalue weighted by Crippen LogP contribution is 2.53. The lowest BCUT2D eigenvalue weighted by Crippen LogP contribution is -2.20. The van der Waals surface area contributed by atoms with E-state index in [2.05, 4.69) is 0 Å². The van der Waals surface area contributed by atoms with Crippen molar-refractivity contribution in [1.82, 2.24) is 0 Å². The summed E-state index contributed by atoms with van der Waals surface area (Å²) in [5.74, 6) is 0. The molecule has 2 rings (SSSR count). The Kier molecular flexibility index (Phi) is 2.59. The van der Waals surface area contributed by atoms with Gasteiger partial charge in [-0.2, -0.15) is 0 Å². The molecule has 0 bridgehead atoms. The molecule has 1 heteroatoms. The highest BCUT2D eigenvalue weighted by atomic mass is 28.1. The van der Waals surface area contributed by atoms with Crippen LogP contribution in [0.3, 0.4) is 0 Å². The van der Waals surface area contributed by atoms with Crippen LogP contribution >= 0.6 is 0 Å². The van der Waals surface area contributed by atoms with Crippen LogP contribution in [-0.2, 0) is 0 Å². The first-order valence-electron chi connectivity index (χ1n) is 5.83. The fourth-order valence-corrected chi connectivity index (χ4v) is 4.76. The van der Waals surface area contributed by atoms with Gasteiger partial charge in [-0.25, -0.2) is 0 Å². The van der Waals surface area contributed by atoms with Crippen LogP contribution in [0.5, 0.6) is 0 Å². The smallest absolute Gasteiger partial charge is 0.00743 e. The molecular weight excluding hydrogens is 160 g/mol. The zero-order valence-corrected chi connectivity index (χ0v) is 10.4. The first-order chi connectivity index (χ1) is 5.83. The fourth-order valence-electron chi connectivity index (χ4n) is 3.49. The van der Waals surface area contributed by atoms with Gasteiger partial charge in [-0.3, -0.25) is 0 Å². The molecule has 0 saturated heterocycles. The third-order valence-electron chi connectivity index (χ3n) is 4.46. The van der Waals surface area contributed by atoms with Gasteiger partial charge in [0.25, 0.3) is 0 Å². The Bertz CT molecular complexity index is 145. The van der Waals surface area contributed by atoms with Gasteiger partial charge < -0.3 is 0 Å². The van der Waals surface area contributed by atoms with Crippen LogP contribution in [0.25, 0.3) is 0 Å². The second kappa shape index (κ2) is 3.53. The summed E-state index contributed by atoms with van der Waals surface area (Å²) in [6, 6.07) is 0. The molecule has 1 spiro atoms. The summed E-state index contributed by atoms with van der Waals surface area (Å²) in [5.41, 5.74) is 2.05. The van der Waals surface area contributed by atoms with Gasteiger partial charge in [0.15, 0.2) is 0 Å². The lowest BCUT2D eigenvalue weighted by molar-refractivity contribution is 0.254. The van der Waals surface area contributed by atoms with E-state index in [-0.39, 0.29) is 0 Å². The van der Waals surface area contributed by atoms with Crippen LogP contribution in [0.4, 0.5) is 0 Å². The van der Waals surface area contributed by atoms with Gasteiger partial charge in [0.2, 0.25) is 0 Å². The molecular formula is C11H22Si. The lowest BCUT2D eigenvalue weighted by Gasteiger charge is -2.32. The van der Waals surface area contributed by atoms with Gasteiger partial charge >= 0.3 is 0 Å². The first kappa shape index (κ1) is 8.80. The molecule has 2 aliphatic carbocycles. The second-order valence-corrected chi connectivity index (χ2v) is 6.46. The van der Waals surface area contributed by atoms with Crippen molar-refractivity contribution in [1.29, 1.82) is 0 Å². The number of hydrogen-bond acceptors (Lipinski definition) is 0. The molecule has 1 unspecified atom stereocenters. The van der Waals surface area contributed by atoms with Crippen LogP contribution in [-0.4, -0.2) is 10.2 Å². The molecule has 0 N–H and O–H groups in total. The van der Waals surface area contributed by atoms with Gasteiger partial charge in [0.05, 0.1) is 0 Å². The largest absolute Gasteiger partial charge is 0.0533 e. The molecule has 0 amide bonds. The Balaban J connectivity index is 2.05. The van der Waals surface area contributed by atoms with Crippen LogP contribution in [0.2, 0.25) is 5.54 Å². The molecule has 2 fully saturated rings. The van der Waals surface area contributed by atoms with Crippen LogP contribution in [0.15, 0.2) is 0 Å². The Morgan fingerprint density at radius 3 is 1.92 bits per heavy atom. The minimum atomic E-state index is 0.878. The second-order valence-electron chi connectivity index (χ2n) is 5.07. The molecule has 0 aromatic carbocycles. The van der Waals surface area contributed by atoms with Crippen LogP contribution in [0.1, 0.15) is 57.8 Å². The predicted molar refractivity (Wildman–Crippen MR) is 57.7 cm³/mol. The minimum absolute atomic E-state index is 0.878. The maximum absolute atomic E-state index is 1.58. The molecule has 0 aromatic heterocycles. The van der Waals surface area contributed by atoms with Crippen molar-refractivity contribution in [3.63, 3.8) is 0 Å². The Labute approximate surface area is 79.5 Å².